The van der Waals surface area contributed by atoms with Crippen LogP contribution in [0.25, 0.3) is 21.9 Å². The molecule has 0 radical (unpaired) electrons. The minimum atomic E-state index is -0.408. The zero-order valence-electron chi connectivity index (χ0n) is 14.9. The van der Waals surface area contributed by atoms with Crippen molar-refractivity contribution in [3.05, 3.63) is 53.1 Å². The van der Waals surface area contributed by atoms with Gasteiger partial charge in [0, 0.05) is 24.1 Å². The van der Waals surface area contributed by atoms with Gasteiger partial charge in [0.15, 0.2) is 0 Å². The number of furan rings is 1. The number of benzene rings is 1. The van der Waals surface area contributed by atoms with Gasteiger partial charge in [0.05, 0.1) is 23.6 Å². The van der Waals surface area contributed by atoms with Crippen LogP contribution in [0.5, 0.6) is 5.75 Å². The van der Waals surface area contributed by atoms with Gasteiger partial charge in [0.1, 0.15) is 23.0 Å². The van der Waals surface area contributed by atoms with Gasteiger partial charge in [-0.1, -0.05) is 6.58 Å². The minimum absolute atomic E-state index is 0.0301. The van der Waals surface area contributed by atoms with Crippen molar-refractivity contribution in [2.24, 2.45) is 0 Å². The molecule has 140 valence electrons. The van der Waals surface area contributed by atoms with Crippen LogP contribution in [0.15, 0.2) is 56.3 Å². The minimum Gasteiger partial charge on any atom is -0.492 e. The van der Waals surface area contributed by atoms with Crippen molar-refractivity contribution in [2.75, 3.05) is 6.61 Å². The zero-order chi connectivity index (χ0) is 18.8. The lowest BCUT2D eigenvalue weighted by atomic mass is 10.1. The highest BCUT2D eigenvalue weighted by molar-refractivity contribution is 6.01. The Labute approximate surface area is 155 Å². The van der Waals surface area contributed by atoms with Crippen LogP contribution in [0, 0.1) is 0 Å². The number of hydrogen-bond donors (Lipinski definition) is 0. The van der Waals surface area contributed by atoms with E-state index >= 15 is 0 Å². The molecule has 6 heteroatoms. The first kappa shape index (κ1) is 17.4. The SMILES string of the molecule is C=C1CC(CCCCCOc2c3ccoc3cc3oc(=O)ccc23)OC1=O. The molecule has 0 saturated carbocycles. The zero-order valence-corrected chi connectivity index (χ0v) is 14.9. The monoisotopic (exact) mass is 368 g/mol. The van der Waals surface area contributed by atoms with Gasteiger partial charge in [0.25, 0.3) is 0 Å². The maximum Gasteiger partial charge on any atom is 0.336 e. The molecule has 1 atom stereocenters. The van der Waals surface area contributed by atoms with Crippen LogP contribution in [-0.4, -0.2) is 18.7 Å². The second-order valence-corrected chi connectivity index (χ2v) is 6.74. The molecule has 1 aliphatic rings. The van der Waals surface area contributed by atoms with Gasteiger partial charge in [-0.25, -0.2) is 9.59 Å². The molecule has 0 N–H and O–H groups in total. The maximum absolute atomic E-state index is 11.5. The van der Waals surface area contributed by atoms with Crippen molar-refractivity contribution >= 4 is 27.9 Å². The van der Waals surface area contributed by atoms with Crippen LogP contribution in [0.3, 0.4) is 0 Å². The molecule has 1 fully saturated rings. The van der Waals surface area contributed by atoms with Gasteiger partial charge in [-0.3, -0.25) is 0 Å². The van der Waals surface area contributed by atoms with Gasteiger partial charge < -0.3 is 18.3 Å². The summed E-state index contributed by atoms with van der Waals surface area (Å²) in [5, 5.41) is 1.60. The Morgan fingerprint density at radius 1 is 1.07 bits per heavy atom. The number of unbranched alkanes of at least 4 members (excludes halogenated alkanes) is 2. The largest absolute Gasteiger partial charge is 0.492 e. The Balaban J connectivity index is 1.36. The molecule has 0 amide bonds. The molecule has 0 spiro atoms. The Kier molecular flexibility index (Phi) is 4.71. The Hall–Kier alpha value is -3.02. The summed E-state index contributed by atoms with van der Waals surface area (Å²) < 4.78 is 21.9. The summed E-state index contributed by atoms with van der Waals surface area (Å²) in [6, 6.07) is 6.65. The fraction of sp³-hybridized carbons (Fsp3) is 0.333. The lowest BCUT2D eigenvalue weighted by Crippen LogP contribution is -2.06. The molecule has 6 nitrogen and oxygen atoms in total. The molecular formula is C21H20O6. The number of carbonyl (C=O) groups is 1. The normalized spacial score (nSPS) is 17.0. The van der Waals surface area contributed by atoms with Crippen molar-refractivity contribution in [1.82, 2.24) is 0 Å². The summed E-state index contributed by atoms with van der Waals surface area (Å²) >= 11 is 0. The van der Waals surface area contributed by atoms with Crippen LogP contribution in [0.1, 0.15) is 32.1 Å². The molecule has 27 heavy (non-hydrogen) atoms. The predicted octanol–water partition coefficient (Wildman–Crippen LogP) is 4.35. The second kappa shape index (κ2) is 7.31. The van der Waals surface area contributed by atoms with Gasteiger partial charge in [-0.05, 0) is 37.8 Å². The van der Waals surface area contributed by atoms with Crippen LogP contribution < -0.4 is 10.4 Å². The molecule has 1 unspecified atom stereocenters. The number of rotatable bonds is 7. The van der Waals surface area contributed by atoms with Crippen molar-refractivity contribution in [2.45, 2.75) is 38.2 Å². The van der Waals surface area contributed by atoms with Crippen LogP contribution in [0.4, 0.5) is 0 Å². The summed E-state index contributed by atoms with van der Waals surface area (Å²) in [6.45, 7) is 4.24. The first-order valence-electron chi connectivity index (χ1n) is 9.07. The predicted molar refractivity (Wildman–Crippen MR) is 99.9 cm³/mol. The average molecular weight is 368 g/mol. The number of esters is 1. The van der Waals surface area contributed by atoms with Crippen molar-refractivity contribution in [3.8, 4) is 5.75 Å². The van der Waals surface area contributed by atoms with E-state index in [1.807, 2.05) is 6.07 Å². The average Bonchev–Trinajstić information content (AvgIpc) is 3.23. The molecule has 0 aliphatic carbocycles. The van der Waals surface area contributed by atoms with Crippen LogP contribution >= 0.6 is 0 Å². The fourth-order valence-electron chi connectivity index (χ4n) is 3.39. The van der Waals surface area contributed by atoms with Gasteiger partial charge in [-0.15, -0.1) is 0 Å². The highest BCUT2D eigenvalue weighted by atomic mass is 16.5. The third kappa shape index (κ3) is 3.60. The van der Waals surface area contributed by atoms with Crippen molar-refractivity contribution in [3.63, 3.8) is 0 Å². The summed E-state index contributed by atoms with van der Waals surface area (Å²) in [7, 11) is 0. The third-order valence-corrected chi connectivity index (χ3v) is 4.76. The molecule has 1 aliphatic heterocycles. The molecule has 0 bridgehead atoms. The molecule has 1 aromatic carbocycles. The molecule has 4 rings (SSSR count). The highest BCUT2D eigenvalue weighted by Crippen LogP contribution is 2.35. The topological polar surface area (TPSA) is 78.9 Å². The molecule has 3 heterocycles. The van der Waals surface area contributed by atoms with Crippen LogP contribution in [-0.2, 0) is 9.53 Å². The lowest BCUT2D eigenvalue weighted by molar-refractivity contribution is -0.139. The molecule has 1 saturated heterocycles. The third-order valence-electron chi connectivity index (χ3n) is 4.76. The fourth-order valence-corrected chi connectivity index (χ4v) is 3.39. The van der Waals surface area contributed by atoms with E-state index < -0.39 is 5.63 Å². The van der Waals surface area contributed by atoms with E-state index in [9.17, 15) is 9.59 Å². The summed E-state index contributed by atoms with van der Waals surface area (Å²) in [6.07, 6.45) is 5.83. The first-order valence-corrected chi connectivity index (χ1v) is 9.07. The van der Waals surface area contributed by atoms with Crippen LogP contribution in [0.2, 0.25) is 0 Å². The Morgan fingerprint density at radius 2 is 1.93 bits per heavy atom. The second-order valence-electron chi connectivity index (χ2n) is 6.74. The lowest BCUT2D eigenvalue weighted by Gasteiger charge is -2.11. The molecular weight excluding hydrogens is 348 g/mol. The highest BCUT2D eigenvalue weighted by Gasteiger charge is 2.26. The van der Waals surface area contributed by atoms with Gasteiger partial charge in [0.2, 0.25) is 0 Å². The number of ether oxygens (including phenoxy) is 2. The number of cyclic esters (lactones) is 1. The smallest absolute Gasteiger partial charge is 0.336 e. The van der Waals surface area contributed by atoms with E-state index in [0.717, 1.165) is 36.5 Å². The Morgan fingerprint density at radius 3 is 2.74 bits per heavy atom. The van der Waals surface area contributed by atoms with Gasteiger partial charge in [-0.2, -0.15) is 0 Å². The Bertz CT molecular complexity index is 1040. The van der Waals surface area contributed by atoms with E-state index in [0.29, 0.717) is 35.5 Å². The maximum atomic E-state index is 11.5. The van der Waals surface area contributed by atoms with E-state index in [1.165, 1.54) is 6.07 Å². The summed E-state index contributed by atoms with van der Waals surface area (Å²) in [5.41, 5.74) is 1.23. The van der Waals surface area contributed by atoms with Crippen molar-refractivity contribution in [1.29, 1.82) is 0 Å². The molecule has 2 aromatic heterocycles. The molecule has 3 aromatic rings. The van der Waals surface area contributed by atoms with E-state index in [-0.39, 0.29) is 12.1 Å². The van der Waals surface area contributed by atoms with E-state index in [4.69, 9.17) is 18.3 Å². The van der Waals surface area contributed by atoms with Gasteiger partial charge >= 0.3 is 11.6 Å². The first-order chi connectivity index (χ1) is 13.1. The van der Waals surface area contributed by atoms with E-state index in [2.05, 4.69) is 6.58 Å². The number of carbonyl (C=O) groups excluding carboxylic acids is 1. The standard InChI is InChI=1S/C21H20O6/c1-13-11-14(26-21(13)23)5-3-2-4-9-25-20-15-6-7-19(22)27-18(15)12-17-16(20)8-10-24-17/h6-8,10,12,14H,1-5,9,11H2. The number of fused-ring (bicyclic) bond motifs is 2. The summed E-state index contributed by atoms with van der Waals surface area (Å²) in [5.74, 6) is 0.399. The van der Waals surface area contributed by atoms with E-state index in [1.54, 1.807) is 18.4 Å². The van der Waals surface area contributed by atoms with Crippen molar-refractivity contribution < 1.29 is 23.1 Å². The summed E-state index contributed by atoms with van der Waals surface area (Å²) in [4.78, 5) is 22.8. The quantitative estimate of drug-likeness (QED) is 0.267. The number of hydrogen-bond acceptors (Lipinski definition) is 6.